The predicted octanol–water partition coefficient (Wildman–Crippen LogP) is 2.51. The van der Waals surface area contributed by atoms with E-state index in [2.05, 4.69) is 34.6 Å². The van der Waals surface area contributed by atoms with Gasteiger partial charge in [0, 0.05) is 18.0 Å². The minimum absolute atomic E-state index is 0.366. The number of hydrogen-bond acceptors (Lipinski definition) is 4. The van der Waals surface area contributed by atoms with Crippen molar-refractivity contribution in [3.05, 3.63) is 35.7 Å². The lowest BCUT2D eigenvalue weighted by molar-refractivity contribution is 0.380. The van der Waals surface area contributed by atoms with E-state index < -0.39 is 0 Å². The highest BCUT2D eigenvalue weighted by Crippen LogP contribution is 2.25. The Morgan fingerprint density at radius 3 is 3.06 bits per heavy atom. The van der Waals surface area contributed by atoms with Gasteiger partial charge in [-0.3, -0.25) is 0 Å². The summed E-state index contributed by atoms with van der Waals surface area (Å²) in [5.41, 5.74) is 2.20. The van der Waals surface area contributed by atoms with Gasteiger partial charge >= 0.3 is 0 Å². The van der Waals surface area contributed by atoms with Crippen LogP contribution in [-0.4, -0.2) is 23.3 Å². The summed E-state index contributed by atoms with van der Waals surface area (Å²) in [4.78, 5) is 0. The van der Waals surface area contributed by atoms with E-state index in [0.29, 0.717) is 11.8 Å². The zero-order valence-corrected chi connectivity index (χ0v) is 10.5. The van der Waals surface area contributed by atoms with Gasteiger partial charge in [0.25, 0.3) is 0 Å². The molecule has 1 saturated heterocycles. The molecule has 0 saturated carbocycles. The van der Waals surface area contributed by atoms with E-state index in [-0.39, 0.29) is 0 Å². The zero-order valence-electron chi connectivity index (χ0n) is 10.5. The highest BCUT2D eigenvalue weighted by molar-refractivity contribution is 5.53. The van der Waals surface area contributed by atoms with Crippen molar-refractivity contribution in [2.75, 3.05) is 13.1 Å². The third-order valence-corrected chi connectivity index (χ3v) is 3.35. The molecule has 0 amide bonds. The summed E-state index contributed by atoms with van der Waals surface area (Å²) in [7, 11) is 0. The minimum Gasteiger partial charge on any atom is -0.420 e. The topological polar surface area (TPSA) is 51.0 Å². The Morgan fingerprint density at radius 1 is 1.33 bits per heavy atom. The van der Waals surface area contributed by atoms with E-state index in [9.17, 15) is 0 Å². The quantitative estimate of drug-likeness (QED) is 0.880. The van der Waals surface area contributed by atoms with Crippen molar-refractivity contribution in [1.82, 2.24) is 15.5 Å². The Kier molecular flexibility index (Phi) is 3.11. The van der Waals surface area contributed by atoms with Crippen molar-refractivity contribution < 1.29 is 4.42 Å². The third kappa shape index (κ3) is 2.29. The number of benzene rings is 1. The highest BCUT2D eigenvalue weighted by Gasteiger charge is 2.21. The van der Waals surface area contributed by atoms with Crippen LogP contribution in [0.5, 0.6) is 0 Å². The van der Waals surface area contributed by atoms with Crippen LogP contribution in [0.2, 0.25) is 0 Å². The van der Waals surface area contributed by atoms with Crippen LogP contribution in [0.1, 0.15) is 30.2 Å². The second-order valence-electron chi connectivity index (χ2n) is 4.86. The summed E-state index contributed by atoms with van der Waals surface area (Å²) in [6, 6.07) is 8.14. The van der Waals surface area contributed by atoms with Crippen LogP contribution in [0, 0.1) is 6.92 Å². The van der Waals surface area contributed by atoms with Crippen molar-refractivity contribution in [3.63, 3.8) is 0 Å². The summed E-state index contributed by atoms with van der Waals surface area (Å²) in [6.45, 7) is 4.09. The molecule has 1 N–H and O–H groups in total. The fourth-order valence-corrected chi connectivity index (χ4v) is 2.36. The highest BCUT2D eigenvalue weighted by atomic mass is 16.4. The molecule has 1 aromatic heterocycles. The van der Waals surface area contributed by atoms with Gasteiger partial charge in [-0.25, -0.2) is 0 Å². The van der Waals surface area contributed by atoms with Crippen LogP contribution < -0.4 is 5.32 Å². The Labute approximate surface area is 106 Å². The molecule has 0 spiro atoms. The summed E-state index contributed by atoms with van der Waals surface area (Å²) in [5.74, 6) is 1.75. The van der Waals surface area contributed by atoms with Crippen LogP contribution in [0.25, 0.3) is 11.5 Å². The van der Waals surface area contributed by atoms with Crippen LogP contribution >= 0.6 is 0 Å². The zero-order chi connectivity index (χ0) is 12.4. The average molecular weight is 243 g/mol. The van der Waals surface area contributed by atoms with Crippen molar-refractivity contribution in [2.45, 2.75) is 25.7 Å². The fourth-order valence-electron chi connectivity index (χ4n) is 2.36. The third-order valence-electron chi connectivity index (χ3n) is 3.35. The van der Waals surface area contributed by atoms with Gasteiger partial charge < -0.3 is 9.73 Å². The maximum atomic E-state index is 5.80. The van der Waals surface area contributed by atoms with E-state index in [1.54, 1.807) is 0 Å². The molecule has 3 rings (SSSR count). The molecule has 4 heteroatoms. The molecular formula is C14H17N3O. The van der Waals surface area contributed by atoms with Crippen LogP contribution in [0.3, 0.4) is 0 Å². The summed E-state index contributed by atoms with van der Waals surface area (Å²) in [6.07, 6.45) is 2.30. The first-order valence-electron chi connectivity index (χ1n) is 6.44. The summed E-state index contributed by atoms with van der Waals surface area (Å²) >= 11 is 0. The Morgan fingerprint density at radius 2 is 2.28 bits per heavy atom. The van der Waals surface area contributed by atoms with Gasteiger partial charge in [0.15, 0.2) is 0 Å². The van der Waals surface area contributed by atoms with Crippen molar-refractivity contribution in [3.8, 4) is 11.5 Å². The Balaban J connectivity index is 1.84. The fraction of sp³-hybridized carbons (Fsp3) is 0.429. The van der Waals surface area contributed by atoms with Crippen LogP contribution in [-0.2, 0) is 0 Å². The molecule has 2 heterocycles. The molecule has 2 aromatic rings. The monoisotopic (exact) mass is 243 g/mol. The smallest absolute Gasteiger partial charge is 0.247 e. The summed E-state index contributed by atoms with van der Waals surface area (Å²) < 4.78 is 5.80. The molecule has 0 aliphatic carbocycles. The van der Waals surface area contributed by atoms with E-state index in [0.717, 1.165) is 31.0 Å². The maximum Gasteiger partial charge on any atom is 0.247 e. The molecule has 1 fully saturated rings. The molecule has 1 unspecified atom stereocenters. The van der Waals surface area contributed by atoms with Gasteiger partial charge in [-0.2, -0.15) is 0 Å². The van der Waals surface area contributed by atoms with Crippen molar-refractivity contribution >= 4 is 0 Å². The molecule has 1 aliphatic rings. The van der Waals surface area contributed by atoms with E-state index in [1.165, 1.54) is 12.0 Å². The van der Waals surface area contributed by atoms with Gasteiger partial charge in [-0.05, 0) is 38.4 Å². The first kappa shape index (κ1) is 11.4. The van der Waals surface area contributed by atoms with E-state index in [4.69, 9.17) is 4.42 Å². The standard InChI is InChI=1S/C14H17N3O/c1-10-4-2-5-11(8-10)13-16-17-14(18-13)12-6-3-7-15-9-12/h2,4-5,8,12,15H,3,6-7,9H2,1H3. The number of piperidine rings is 1. The first-order chi connectivity index (χ1) is 8.83. The largest absolute Gasteiger partial charge is 0.420 e. The van der Waals surface area contributed by atoms with Gasteiger partial charge in [0.2, 0.25) is 11.8 Å². The molecule has 0 bridgehead atoms. The Bertz CT molecular complexity index is 529. The molecule has 18 heavy (non-hydrogen) atoms. The van der Waals surface area contributed by atoms with Gasteiger partial charge in [-0.1, -0.05) is 17.7 Å². The number of nitrogens with zero attached hydrogens (tertiary/aromatic N) is 2. The molecular weight excluding hydrogens is 226 g/mol. The number of aromatic nitrogens is 2. The second kappa shape index (κ2) is 4.90. The SMILES string of the molecule is Cc1cccc(-c2nnc(C3CCCNC3)o2)c1. The van der Waals surface area contributed by atoms with Gasteiger partial charge in [0.05, 0.1) is 0 Å². The van der Waals surface area contributed by atoms with Crippen LogP contribution in [0.4, 0.5) is 0 Å². The second-order valence-corrected chi connectivity index (χ2v) is 4.86. The van der Waals surface area contributed by atoms with Gasteiger partial charge in [0.1, 0.15) is 0 Å². The average Bonchev–Trinajstić information content (AvgIpc) is 2.89. The number of hydrogen-bond donors (Lipinski definition) is 1. The van der Waals surface area contributed by atoms with E-state index >= 15 is 0 Å². The lowest BCUT2D eigenvalue weighted by Crippen LogP contribution is -2.28. The number of nitrogens with one attached hydrogen (secondary N) is 1. The molecule has 94 valence electrons. The number of rotatable bonds is 2. The van der Waals surface area contributed by atoms with E-state index in [1.807, 2.05) is 12.1 Å². The molecule has 4 nitrogen and oxygen atoms in total. The van der Waals surface area contributed by atoms with Crippen molar-refractivity contribution in [1.29, 1.82) is 0 Å². The lowest BCUT2D eigenvalue weighted by Gasteiger charge is -2.18. The van der Waals surface area contributed by atoms with Crippen molar-refractivity contribution in [2.24, 2.45) is 0 Å². The first-order valence-corrected chi connectivity index (χ1v) is 6.44. The molecule has 1 aliphatic heterocycles. The Hall–Kier alpha value is -1.68. The minimum atomic E-state index is 0.366. The maximum absolute atomic E-state index is 5.80. The predicted molar refractivity (Wildman–Crippen MR) is 69.3 cm³/mol. The lowest BCUT2D eigenvalue weighted by atomic mass is 10.00. The number of aryl methyl sites for hydroxylation is 1. The molecule has 1 atom stereocenters. The van der Waals surface area contributed by atoms with Crippen LogP contribution in [0.15, 0.2) is 28.7 Å². The summed E-state index contributed by atoms with van der Waals surface area (Å²) in [5, 5.41) is 11.7. The normalized spacial score (nSPS) is 19.9. The molecule has 0 radical (unpaired) electrons. The van der Waals surface area contributed by atoms with Gasteiger partial charge in [-0.15, -0.1) is 10.2 Å². The molecule has 1 aromatic carbocycles.